The van der Waals surface area contributed by atoms with Crippen molar-refractivity contribution in [2.24, 2.45) is 0 Å². The number of aromatic nitrogens is 2. The number of hydrogen-bond donors (Lipinski definition) is 1. The first-order chi connectivity index (χ1) is 9.49. The largest absolute Gasteiger partial charge is 0.306 e. The third-order valence-corrected chi connectivity index (χ3v) is 2.87. The lowest BCUT2D eigenvalue weighted by molar-refractivity contribution is 0.629. The van der Waals surface area contributed by atoms with Crippen LogP contribution in [0.5, 0.6) is 0 Å². The molecule has 0 aliphatic rings. The van der Waals surface area contributed by atoms with Crippen molar-refractivity contribution in [2.75, 3.05) is 0 Å². The molecule has 1 heterocycles. The second kappa shape index (κ2) is 7.20. The van der Waals surface area contributed by atoms with Crippen LogP contribution in [0.25, 0.3) is 11.4 Å². The first-order valence-corrected chi connectivity index (χ1v) is 6.91. The summed E-state index contributed by atoms with van der Waals surface area (Å²) in [6.07, 6.45) is 1.47. The number of hydrogen-bond acceptors (Lipinski definition) is 2. The van der Waals surface area contributed by atoms with Crippen molar-refractivity contribution in [1.82, 2.24) is 9.97 Å². The molecule has 108 valence electrons. The lowest BCUT2D eigenvalue weighted by atomic mass is 10.1. The Morgan fingerprint density at radius 2 is 1.95 bits per heavy atom. The van der Waals surface area contributed by atoms with E-state index >= 15 is 0 Å². The number of nitrogens with zero attached hydrogens (tertiary/aromatic N) is 1. The molecule has 0 atom stereocenters. The molecule has 0 fully saturated rings. The second-order valence-electron chi connectivity index (χ2n) is 4.30. The summed E-state index contributed by atoms with van der Waals surface area (Å²) in [6, 6.07) is 4.12. The van der Waals surface area contributed by atoms with Crippen molar-refractivity contribution in [3.8, 4) is 11.4 Å². The van der Waals surface area contributed by atoms with Crippen molar-refractivity contribution in [1.29, 1.82) is 0 Å². The summed E-state index contributed by atoms with van der Waals surface area (Å²) in [4.78, 5) is 18.5. The molecule has 0 amide bonds. The number of H-pyrrole nitrogens is 1. The lowest BCUT2D eigenvalue weighted by Gasteiger charge is -2.06. The van der Waals surface area contributed by atoms with Gasteiger partial charge in [0.2, 0.25) is 0 Å². The Hall–Kier alpha value is -1.68. The smallest absolute Gasteiger partial charge is 0.254 e. The summed E-state index contributed by atoms with van der Waals surface area (Å²) in [5.41, 5.74) is 0.505. The Kier molecular flexibility index (Phi) is 5.89. The van der Waals surface area contributed by atoms with E-state index in [0.29, 0.717) is 10.6 Å². The number of halogens is 2. The zero-order valence-corrected chi connectivity index (χ0v) is 12.8. The fourth-order valence-electron chi connectivity index (χ4n) is 1.63. The van der Waals surface area contributed by atoms with Crippen molar-refractivity contribution < 1.29 is 4.39 Å². The predicted octanol–water partition coefficient (Wildman–Crippen LogP) is 4.38. The Bertz CT molecular complexity index is 638. The second-order valence-corrected chi connectivity index (χ2v) is 4.73. The van der Waals surface area contributed by atoms with E-state index in [1.807, 2.05) is 27.7 Å². The van der Waals surface area contributed by atoms with Gasteiger partial charge < -0.3 is 4.98 Å². The van der Waals surface area contributed by atoms with Crippen LogP contribution in [0.3, 0.4) is 0 Å². The van der Waals surface area contributed by atoms with Gasteiger partial charge in [-0.25, -0.2) is 9.37 Å². The van der Waals surface area contributed by atoms with Crippen LogP contribution in [0.2, 0.25) is 5.02 Å². The molecule has 20 heavy (non-hydrogen) atoms. The van der Waals surface area contributed by atoms with Crippen LogP contribution in [0, 0.1) is 5.82 Å². The van der Waals surface area contributed by atoms with Crippen LogP contribution < -0.4 is 5.56 Å². The van der Waals surface area contributed by atoms with E-state index in [0.717, 1.165) is 0 Å². The molecule has 0 aliphatic heterocycles. The van der Waals surface area contributed by atoms with Crippen LogP contribution in [0.1, 0.15) is 39.2 Å². The van der Waals surface area contributed by atoms with Gasteiger partial charge in [0.25, 0.3) is 5.56 Å². The Morgan fingerprint density at radius 3 is 2.50 bits per heavy atom. The number of rotatable bonds is 2. The van der Waals surface area contributed by atoms with E-state index in [1.165, 1.54) is 24.4 Å². The molecule has 0 unspecified atom stereocenters. The zero-order chi connectivity index (χ0) is 15.3. The summed E-state index contributed by atoms with van der Waals surface area (Å²) >= 11 is 5.80. The maximum Gasteiger partial charge on any atom is 0.254 e. The summed E-state index contributed by atoms with van der Waals surface area (Å²) in [5.74, 6) is -0.219. The van der Waals surface area contributed by atoms with Gasteiger partial charge in [0.15, 0.2) is 0 Å². The van der Waals surface area contributed by atoms with Crippen LogP contribution in [0.4, 0.5) is 4.39 Å². The molecule has 0 bridgehead atoms. The molecule has 2 aromatic rings. The van der Waals surface area contributed by atoms with Crippen molar-refractivity contribution >= 4 is 11.6 Å². The van der Waals surface area contributed by atoms with E-state index in [2.05, 4.69) is 9.97 Å². The maximum atomic E-state index is 13.6. The fraction of sp³-hybridized carbons (Fsp3) is 0.333. The molecule has 3 nitrogen and oxygen atoms in total. The highest BCUT2D eigenvalue weighted by molar-refractivity contribution is 6.30. The number of benzene rings is 1. The highest BCUT2D eigenvalue weighted by Gasteiger charge is 2.11. The Morgan fingerprint density at radius 1 is 1.30 bits per heavy atom. The van der Waals surface area contributed by atoms with Gasteiger partial charge in [-0.05, 0) is 24.1 Å². The van der Waals surface area contributed by atoms with Crippen molar-refractivity contribution in [3.63, 3.8) is 0 Å². The number of aromatic amines is 1. The highest BCUT2D eigenvalue weighted by atomic mass is 35.5. The number of nitrogens with one attached hydrogen (secondary N) is 1. The summed E-state index contributed by atoms with van der Waals surface area (Å²) < 4.78 is 13.6. The molecular weight excluding hydrogens is 279 g/mol. The molecular formula is C15H18ClFN2O. The van der Waals surface area contributed by atoms with E-state index in [1.54, 1.807) is 0 Å². The molecule has 0 radical (unpaired) electrons. The first kappa shape index (κ1) is 16.4. The summed E-state index contributed by atoms with van der Waals surface area (Å²) in [7, 11) is 0. The summed E-state index contributed by atoms with van der Waals surface area (Å²) in [5, 5.41) is 0.391. The minimum atomic E-state index is -0.472. The summed E-state index contributed by atoms with van der Waals surface area (Å²) in [6.45, 7) is 7.79. The predicted molar refractivity (Wildman–Crippen MR) is 80.7 cm³/mol. The van der Waals surface area contributed by atoms with Gasteiger partial charge in [-0.1, -0.05) is 39.3 Å². The van der Waals surface area contributed by atoms with Crippen LogP contribution in [-0.2, 0) is 0 Å². The van der Waals surface area contributed by atoms with Crippen molar-refractivity contribution in [3.05, 3.63) is 51.2 Å². The van der Waals surface area contributed by atoms with E-state index in [4.69, 9.17) is 11.6 Å². The molecule has 1 aromatic heterocycles. The highest BCUT2D eigenvalue weighted by Crippen LogP contribution is 2.22. The molecule has 1 aromatic carbocycles. The average Bonchev–Trinajstić information content (AvgIpc) is 2.43. The molecule has 0 saturated heterocycles. The molecule has 5 heteroatoms. The first-order valence-electron chi connectivity index (χ1n) is 6.53. The third kappa shape index (κ3) is 3.67. The molecule has 0 aliphatic carbocycles. The normalized spacial score (nSPS) is 10.2. The van der Waals surface area contributed by atoms with E-state index < -0.39 is 5.82 Å². The standard InChI is InChI=1S/C13H12ClFN2O.C2H6/c1-7(2)10-6-16-12(17-13(10)18)9-5-8(14)3-4-11(9)15;1-2/h3-7H,1-2H3,(H,16,17,18);1-2H3. The monoisotopic (exact) mass is 296 g/mol. The quantitative estimate of drug-likeness (QED) is 0.894. The Labute approximate surface area is 122 Å². The SMILES string of the molecule is CC.CC(C)c1cnc(-c2cc(Cl)ccc2F)[nH]c1=O. The van der Waals surface area contributed by atoms with Crippen LogP contribution >= 0.6 is 11.6 Å². The third-order valence-electron chi connectivity index (χ3n) is 2.63. The van der Waals surface area contributed by atoms with Gasteiger partial charge in [-0.15, -0.1) is 0 Å². The van der Waals surface area contributed by atoms with Crippen LogP contribution in [0.15, 0.2) is 29.2 Å². The van der Waals surface area contributed by atoms with Gasteiger partial charge in [-0.2, -0.15) is 0 Å². The maximum absolute atomic E-state index is 13.6. The minimum absolute atomic E-state index is 0.0690. The lowest BCUT2D eigenvalue weighted by Crippen LogP contribution is -2.15. The fourth-order valence-corrected chi connectivity index (χ4v) is 1.80. The van der Waals surface area contributed by atoms with Crippen LogP contribution in [-0.4, -0.2) is 9.97 Å². The minimum Gasteiger partial charge on any atom is -0.306 e. The van der Waals surface area contributed by atoms with E-state index in [9.17, 15) is 9.18 Å². The molecule has 1 N–H and O–H groups in total. The van der Waals surface area contributed by atoms with Gasteiger partial charge in [0, 0.05) is 16.8 Å². The zero-order valence-electron chi connectivity index (χ0n) is 12.0. The van der Waals surface area contributed by atoms with Gasteiger partial charge in [-0.3, -0.25) is 4.79 Å². The Balaban J connectivity index is 0.000000956. The van der Waals surface area contributed by atoms with Gasteiger partial charge >= 0.3 is 0 Å². The van der Waals surface area contributed by atoms with Crippen molar-refractivity contribution in [2.45, 2.75) is 33.6 Å². The van der Waals surface area contributed by atoms with E-state index in [-0.39, 0.29) is 22.9 Å². The molecule has 0 spiro atoms. The topological polar surface area (TPSA) is 45.8 Å². The molecule has 2 rings (SSSR count). The average molecular weight is 297 g/mol. The van der Waals surface area contributed by atoms with Gasteiger partial charge in [0.05, 0.1) is 5.56 Å². The van der Waals surface area contributed by atoms with Gasteiger partial charge in [0.1, 0.15) is 11.6 Å². The molecule has 0 saturated carbocycles.